The molecule has 0 atom stereocenters. The van der Waals surface area contributed by atoms with Crippen LogP contribution in [0.25, 0.3) is 0 Å². The number of aryl methyl sites for hydroxylation is 1. The third kappa shape index (κ3) is 4.45. The van der Waals surface area contributed by atoms with Gasteiger partial charge < -0.3 is 15.3 Å². The van der Waals surface area contributed by atoms with Gasteiger partial charge in [0.2, 0.25) is 0 Å². The molecule has 1 aromatic rings. The smallest absolute Gasteiger partial charge is 0.317 e. The van der Waals surface area contributed by atoms with Crippen LogP contribution in [-0.4, -0.2) is 69.8 Å². The van der Waals surface area contributed by atoms with E-state index >= 15 is 0 Å². The maximum absolute atomic E-state index is 12.1. The van der Waals surface area contributed by atoms with Gasteiger partial charge in [-0.3, -0.25) is 14.8 Å². The highest BCUT2D eigenvalue weighted by Crippen LogP contribution is 2.05. The molecule has 0 bridgehead atoms. The summed E-state index contributed by atoms with van der Waals surface area (Å²) >= 11 is 0. The summed E-state index contributed by atoms with van der Waals surface area (Å²) in [5.41, 5.74) is 1.91. The molecule has 1 aromatic heterocycles. The van der Waals surface area contributed by atoms with Crippen molar-refractivity contribution in [2.75, 3.05) is 32.7 Å². The molecule has 116 valence electrons. The van der Waals surface area contributed by atoms with E-state index in [4.69, 9.17) is 5.11 Å². The molecule has 0 spiro atoms. The summed E-state index contributed by atoms with van der Waals surface area (Å²) in [4.78, 5) is 26.4. The first-order chi connectivity index (χ1) is 10.1. The third-order valence-corrected chi connectivity index (χ3v) is 3.60. The number of amides is 2. The highest BCUT2D eigenvalue weighted by Gasteiger charge is 2.20. The third-order valence-electron chi connectivity index (χ3n) is 3.60. The van der Waals surface area contributed by atoms with Gasteiger partial charge in [-0.25, -0.2) is 4.79 Å². The number of urea groups is 1. The molecule has 1 saturated heterocycles. The van der Waals surface area contributed by atoms with E-state index in [1.807, 2.05) is 11.8 Å². The second-order valence-corrected chi connectivity index (χ2v) is 5.19. The molecule has 0 radical (unpaired) electrons. The van der Waals surface area contributed by atoms with Crippen molar-refractivity contribution >= 4 is 12.0 Å². The van der Waals surface area contributed by atoms with E-state index in [0.29, 0.717) is 32.7 Å². The first-order valence-corrected chi connectivity index (χ1v) is 7.02. The number of aliphatic carboxylic acids is 1. The zero-order valence-electron chi connectivity index (χ0n) is 12.1. The van der Waals surface area contributed by atoms with Crippen LogP contribution < -0.4 is 5.32 Å². The van der Waals surface area contributed by atoms with Gasteiger partial charge in [0.1, 0.15) is 0 Å². The Morgan fingerprint density at radius 3 is 2.86 bits per heavy atom. The molecule has 0 aromatic carbocycles. The van der Waals surface area contributed by atoms with Crippen molar-refractivity contribution in [2.45, 2.75) is 19.9 Å². The highest BCUT2D eigenvalue weighted by atomic mass is 16.4. The lowest BCUT2D eigenvalue weighted by atomic mass is 10.3. The fourth-order valence-corrected chi connectivity index (χ4v) is 2.36. The minimum atomic E-state index is -0.830. The SMILES string of the molecule is Cc1[nH]ncc1CNC(=O)N1CCCN(CC(=O)O)CC1. The van der Waals surface area contributed by atoms with Crippen molar-refractivity contribution in [2.24, 2.45) is 0 Å². The normalized spacial score (nSPS) is 16.5. The molecule has 3 N–H and O–H groups in total. The van der Waals surface area contributed by atoms with Gasteiger partial charge in [-0.05, 0) is 13.3 Å². The summed E-state index contributed by atoms with van der Waals surface area (Å²) in [6.07, 6.45) is 2.48. The first kappa shape index (κ1) is 15.3. The lowest BCUT2D eigenvalue weighted by Gasteiger charge is -2.21. The molecule has 0 saturated carbocycles. The second kappa shape index (κ2) is 7.07. The summed E-state index contributed by atoms with van der Waals surface area (Å²) in [5.74, 6) is -0.830. The van der Waals surface area contributed by atoms with Crippen LogP contribution >= 0.6 is 0 Å². The molecule has 1 aliphatic heterocycles. The molecule has 1 fully saturated rings. The number of carboxylic acids is 1. The number of nitrogens with zero attached hydrogens (tertiary/aromatic N) is 3. The van der Waals surface area contributed by atoms with Crippen LogP contribution in [0, 0.1) is 6.92 Å². The van der Waals surface area contributed by atoms with E-state index in [1.165, 1.54) is 0 Å². The van der Waals surface area contributed by atoms with Crippen molar-refractivity contribution in [1.82, 2.24) is 25.3 Å². The van der Waals surface area contributed by atoms with Gasteiger partial charge in [-0.2, -0.15) is 5.10 Å². The van der Waals surface area contributed by atoms with Crippen molar-refractivity contribution in [1.29, 1.82) is 0 Å². The van der Waals surface area contributed by atoms with Gasteiger partial charge in [-0.1, -0.05) is 0 Å². The Morgan fingerprint density at radius 2 is 2.19 bits per heavy atom. The Morgan fingerprint density at radius 1 is 1.38 bits per heavy atom. The Kier molecular flexibility index (Phi) is 5.15. The van der Waals surface area contributed by atoms with Gasteiger partial charge >= 0.3 is 12.0 Å². The zero-order valence-corrected chi connectivity index (χ0v) is 12.1. The van der Waals surface area contributed by atoms with Gasteiger partial charge in [0.15, 0.2) is 0 Å². The molecule has 8 heteroatoms. The van der Waals surface area contributed by atoms with Crippen LogP contribution in [0.2, 0.25) is 0 Å². The Bertz CT molecular complexity index is 502. The van der Waals surface area contributed by atoms with Crippen LogP contribution in [0.1, 0.15) is 17.7 Å². The quantitative estimate of drug-likeness (QED) is 0.727. The zero-order chi connectivity index (χ0) is 15.2. The lowest BCUT2D eigenvalue weighted by molar-refractivity contribution is -0.138. The monoisotopic (exact) mass is 295 g/mol. The Hall–Kier alpha value is -2.09. The number of H-pyrrole nitrogens is 1. The molecule has 2 heterocycles. The van der Waals surface area contributed by atoms with Crippen LogP contribution in [0.4, 0.5) is 4.79 Å². The minimum absolute atomic E-state index is 0.0314. The fraction of sp³-hybridized carbons (Fsp3) is 0.615. The topological polar surface area (TPSA) is 102 Å². The van der Waals surface area contributed by atoms with Crippen molar-refractivity contribution in [3.05, 3.63) is 17.5 Å². The molecule has 0 aliphatic carbocycles. The second-order valence-electron chi connectivity index (χ2n) is 5.19. The van der Waals surface area contributed by atoms with E-state index in [2.05, 4.69) is 15.5 Å². The number of nitrogens with one attached hydrogen (secondary N) is 2. The average Bonchev–Trinajstić information content (AvgIpc) is 2.70. The summed E-state index contributed by atoms with van der Waals surface area (Å²) in [6.45, 7) is 4.86. The average molecular weight is 295 g/mol. The molecule has 0 unspecified atom stereocenters. The summed E-state index contributed by atoms with van der Waals surface area (Å²) in [6, 6.07) is -0.118. The standard InChI is InChI=1S/C13H21N5O3/c1-10-11(8-15-16-10)7-14-13(21)18-4-2-3-17(5-6-18)9-12(19)20/h8H,2-7,9H2,1H3,(H,14,21)(H,15,16)(H,19,20). The van der Waals surface area contributed by atoms with Gasteiger partial charge in [-0.15, -0.1) is 0 Å². The molecule has 1 aliphatic rings. The maximum Gasteiger partial charge on any atom is 0.317 e. The van der Waals surface area contributed by atoms with E-state index in [9.17, 15) is 9.59 Å². The predicted molar refractivity (Wildman–Crippen MR) is 75.8 cm³/mol. The van der Waals surface area contributed by atoms with Crippen LogP contribution in [0.3, 0.4) is 0 Å². The molecular weight excluding hydrogens is 274 g/mol. The van der Waals surface area contributed by atoms with Crippen LogP contribution in [0.15, 0.2) is 6.20 Å². The number of rotatable bonds is 4. The molecule has 8 nitrogen and oxygen atoms in total. The van der Waals surface area contributed by atoms with Gasteiger partial charge in [0.05, 0.1) is 12.7 Å². The summed E-state index contributed by atoms with van der Waals surface area (Å²) in [7, 11) is 0. The molecule has 21 heavy (non-hydrogen) atoms. The van der Waals surface area contributed by atoms with E-state index in [-0.39, 0.29) is 12.6 Å². The first-order valence-electron chi connectivity index (χ1n) is 7.02. The molecule has 2 rings (SSSR count). The predicted octanol–water partition coefficient (Wildman–Crippen LogP) is 0.0200. The number of hydrogen-bond acceptors (Lipinski definition) is 4. The number of carbonyl (C=O) groups excluding carboxylic acids is 1. The summed E-state index contributed by atoms with van der Waals surface area (Å²) < 4.78 is 0. The largest absolute Gasteiger partial charge is 0.480 e. The lowest BCUT2D eigenvalue weighted by Crippen LogP contribution is -2.42. The van der Waals surface area contributed by atoms with E-state index in [0.717, 1.165) is 17.7 Å². The number of aromatic nitrogens is 2. The summed E-state index contributed by atoms with van der Waals surface area (Å²) in [5, 5.41) is 18.4. The minimum Gasteiger partial charge on any atom is -0.480 e. The molecular formula is C13H21N5O3. The Balaban J connectivity index is 1.80. The number of aromatic amines is 1. The fourth-order valence-electron chi connectivity index (χ4n) is 2.36. The maximum atomic E-state index is 12.1. The van der Waals surface area contributed by atoms with Gasteiger partial charge in [0.25, 0.3) is 0 Å². The van der Waals surface area contributed by atoms with E-state index < -0.39 is 5.97 Å². The van der Waals surface area contributed by atoms with Crippen LogP contribution in [0.5, 0.6) is 0 Å². The van der Waals surface area contributed by atoms with Crippen LogP contribution in [-0.2, 0) is 11.3 Å². The van der Waals surface area contributed by atoms with Crippen molar-refractivity contribution < 1.29 is 14.7 Å². The Labute approximate surface area is 123 Å². The molecule has 2 amide bonds. The number of carboxylic acid groups (broad SMARTS) is 1. The van der Waals surface area contributed by atoms with Crippen molar-refractivity contribution in [3.63, 3.8) is 0 Å². The van der Waals surface area contributed by atoms with E-state index in [1.54, 1.807) is 11.1 Å². The number of carbonyl (C=O) groups is 2. The number of hydrogen-bond donors (Lipinski definition) is 3. The highest BCUT2D eigenvalue weighted by molar-refractivity contribution is 5.74. The van der Waals surface area contributed by atoms with Gasteiger partial charge in [0, 0.05) is 44.0 Å². The van der Waals surface area contributed by atoms with Crippen molar-refractivity contribution in [3.8, 4) is 0 Å².